The first-order valence-electron chi connectivity index (χ1n) is 13.8. The van der Waals surface area contributed by atoms with Crippen LogP contribution < -0.4 is 10.1 Å². The van der Waals surface area contributed by atoms with Gasteiger partial charge in [-0.3, -0.25) is 24.6 Å². The highest BCUT2D eigenvalue weighted by Gasteiger charge is 2.45. The van der Waals surface area contributed by atoms with E-state index in [1.165, 1.54) is 6.42 Å². The summed E-state index contributed by atoms with van der Waals surface area (Å²) in [7, 11) is 0. The van der Waals surface area contributed by atoms with Gasteiger partial charge in [0.25, 0.3) is 5.91 Å². The average molecular weight is 516 g/mol. The lowest BCUT2D eigenvalue weighted by Gasteiger charge is -2.51. The van der Waals surface area contributed by atoms with Crippen molar-refractivity contribution in [3.8, 4) is 5.75 Å². The number of hydrogen-bond donors (Lipinski definition) is 1. The van der Waals surface area contributed by atoms with Crippen LogP contribution in [0.5, 0.6) is 5.75 Å². The van der Waals surface area contributed by atoms with Crippen molar-refractivity contribution < 1.29 is 27.9 Å². The Labute approximate surface area is 215 Å². The molecule has 6 rings (SSSR count). The van der Waals surface area contributed by atoms with Gasteiger partial charge in [0, 0.05) is 50.5 Å². The van der Waals surface area contributed by atoms with Crippen molar-refractivity contribution in [3.63, 3.8) is 0 Å². The fourth-order valence-electron chi connectivity index (χ4n) is 7.08. The van der Waals surface area contributed by atoms with E-state index in [1.54, 1.807) is 11.0 Å². The van der Waals surface area contributed by atoms with Gasteiger partial charge in [-0.2, -0.15) is 0 Å². The van der Waals surface area contributed by atoms with Crippen LogP contribution in [-0.4, -0.2) is 64.7 Å². The highest BCUT2D eigenvalue weighted by atomic mass is 19.3. The van der Waals surface area contributed by atoms with Crippen LogP contribution in [0.3, 0.4) is 0 Å². The monoisotopic (exact) mass is 515 g/mol. The number of likely N-dealkylation sites (tertiary alicyclic amines) is 1. The zero-order valence-corrected chi connectivity index (χ0v) is 21.1. The minimum atomic E-state index is -2.47. The number of nitrogens with one attached hydrogen (secondary N) is 1. The first kappa shape index (κ1) is 24.8. The number of imide groups is 1. The van der Waals surface area contributed by atoms with Gasteiger partial charge in [0.2, 0.25) is 17.7 Å². The molecule has 2 aliphatic carbocycles. The minimum Gasteiger partial charge on any atom is -0.489 e. The fourth-order valence-corrected chi connectivity index (χ4v) is 7.08. The van der Waals surface area contributed by atoms with Gasteiger partial charge in [-0.25, -0.2) is 8.78 Å². The number of rotatable bonds is 5. The lowest BCUT2D eigenvalue weighted by molar-refractivity contribution is -0.136. The predicted molar refractivity (Wildman–Crippen MR) is 131 cm³/mol. The van der Waals surface area contributed by atoms with Crippen molar-refractivity contribution in [2.24, 2.45) is 11.8 Å². The molecular formula is C28H35F2N3O4. The predicted octanol–water partition coefficient (Wildman–Crippen LogP) is 3.89. The van der Waals surface area contributed by atoms with E-state index in [9.17, 15) is 23.2 Å². The van der Waals surface area contributed by atoms with E-state index in [1.807, 2.05) is 12.1 Å². The molecular weight excluding hydrogens is 480 g/mol. The van der Waals surface area contributed by atoms with Gasteiger partial charge >= 0.3 is 0 Å². The largest absolute Gasteiger partial charge is 0.489 e. The molecule has 1 unspecified atom stereocenters. The third kappa shape index (κ3) is 4.87. The number of benzene rings is 1. The maximum Gasteiger partial charge on any atom is 0.255 e. The number of hydrogen-bond acceptors (Lipinski definition) is 5. The zero-order chi connectivity index (χ0) is 25.7. The Balaban J connectivity index is 1.08. The van der Waals surface area contributed by atoms with Crippen LogP contribution in [0.25, 0.3) is 0 Å². The summed E-state index contributed by atoms with van der Waals surface area (Å²) >= 11 is 0. The van der Waals surface area contributed by atoms with Crippen LogP contribution in [0.4, 0.5) is 8.78 Å². The standard InChI is InChI=1S/C28H35F2N3O4/c29-28(30)11-9-17(10-12-28)19-14-32(15-19)22-3-1-2-4-24(22)37-20-5-6-21-18(13-20)16-33(27(21)36)23-7-8-25(34)31-26(23)35/h5-6,13,17,19,22-24H,1-4,7-12,14-16H2,(H,31,34,35)/t22-,23?,24-/m0/s1. The Morgan fingerprint density at radius 2 is 1.70 bits per heavy atom. The summed E-state index contributed by atoms with van der Waals surface area (Å²) in [6.45, 7) is 2.28. The third-order valence-corrected chi connectivity index (χ3v) is 9.29. The Morgan fingerprint density at radius 3 is 2.46 bits per heavy atom. The minimum absolute atomic E-state index is 0.0329. The van der Waals surface area contributed by atoms with E-state index in [4.69, 9.17) is 4.74 Å². The topological polar surface area (TPSA) is 79.0 Å². The number of fused-ring (bicyclic) bond motifs is 1. The van der Waals surface area contributed by atoms with E-state index >= 15 is 0 Å². The van der Waals surface area contributed by atoms with Gasteiger partial charge in [0.15, 0.2) is 0 Å². The molecule has 9 heteroatoms. The van der Waals surface area contributed by atoms with Gasteiger partial charge < -0.3 is 9.64 Å². The molecule has 3 heterocycles. The van der Waals surface area contributed by atoms with Crippen molar-refractivity contribution in [1.29, 1.82) is 0 Å². The molecule has 0 radical (unpaired) electrons. The smallest absolute Gasteiger partial charge is 0.255 e. The summed E-state index contributed by atoms with van der Waals surface area (Å²) in [5, 5.41) is 2.34. The van der Waals surface area contributed by atoms with Crippen molar-refractivity contribution in [2.75, 3.05) is 13.1 Å². The lowest BCUT2D eigenvalue weighted by atomic mass is 9.74. The van der Waals surface area contributed by atoms with Gasteiger partial charge in [-0.1, -0.05) is 6.42 Å². The van der Waals surface area contributed by atoms with Crippen LogP contribution in [0, 0.1) is 11.8 Å². The molecule has 0 bridgehead atoms. The number of piperidine rings is 1. The van der Waals surface area contributed by atoms with Crippen LogP contribution in [-0.2, 0) is 16.1 Å². The average Bonchev–Trinajstić information content (AvgIpc) is 3.15. The third-order valence-electron chi connectivity index (χ3n) is 9.29. The first-order valence-corrected chi connectivity index (χ1v) is 13.8. The molecule has 200 valence electrons. The maximum absolute atomic E-state index is 13.6. The molecule has 5 aliphatic rings. The van der Waals surface area contributed by atoms with E-state index in [0.717, 1.165) is 43.7 Å². The molecule has 0 spiro atoms. The van der Waals surface area contributed by atoms with E-state index in [2.05, 4.69) is 10.2 Å². The second-order valence-corrected chi connectivity index (χ2v) is 11.6. The summed E-state index contributed by atoms with van der Waals surface area (Å²) < 4.78 is 33.6. The number of alkyl halides is 2. The summed E-state index contributed by atoms with van der Waals surface area (Å²) in [5.74, 6) is -1.69. The number of carbonyl (C=O) groups excluding carboxylic acids is 3. The quantitative estimate of drug-likeness (QED) is 0.602. The van der Waals surface area contributed by atoms with Crippen LogP contribution >= 0.6 is 0 Å². The summed E-state index contributed by atoms with van der Waals surface area (Å²) in [6.07, 6.45) is 6.31. The Morgan fingerprint density at radius 1 is 0.946 bits per heavy atom. The molecule has 1 N–H and O–H groups in total. The van der Waals surface area contributed by atoms with Crippen molar-refractivity contribution in [2.45, 2.75) is 94.9 Å². The van der Waals surface area contributed by atoms with E-state index < -0.39 is 17.9 Å². The fraction of sp³-hybridized carbons (Fsp3) is 0.679. The van der Waals surface area contributed by atoms with Crippen molar-refractivity contribution in [3.05, 3.63) is 29.3 Å². The molecule has 4 fully saturated rings. The second-order valence-electron chi connectivity index (χ2n) is 11.6. The van der Waals surface area contributed by atoms with Gasteiger partial charge in [-0.05, 0) is 74.1 Å². The highest BCUT2D eigenvalue weighted by Crippen LogP contribution is 2.43. The molecule has 2 saturated heterocycles. The number of amides is 3. The molecule has 3 aliphatic heterocycles. The van der Waals surface area contributed by atoms with Crippen molar-refractivity contribution in [1.82, 2.24) is 15.1 Å². The van der Waals surface area contributed by atoms with Crippen LogP contribution in [0.15, 0.2) is 18.2 Å². The molecule has 1 aromatic rings. The molecule has 7 nitrogen and oxygen atoms in total. The number of nitrogens with zero attached hydrogens (tertiary/aromatic N) is 2. The molecule has 1 aromatic carbocycles. The number of carbonyl (C=O) groups is 3. The number of halogens is 2. The molecule has 0 aromatic heterocycles. The van der Waals surface area contributed by atoms with Gasteiger partial charge in [0.05, 0.1) is 0 Å². The highest BCUT2D eigenvalue weighted by molar-refractivity contribution is 6.05. The summed E-state index contributed by atoms with van der Waals surface area (Å²) in [4.78, 5) is 40.8. The second kappa shape index (κ2) is 9.64. The molecule has 3 atom stereocenters. The van der Waals surface area contributed by atoms with Gasteiger partial charge in [0.1, 0.15) is 17.9 Å². The molecule has 3 amide bonds. The molecule has 2 saturated carbocycles. The Kier molecular flexibility index (Phi) is 6.45. The normalized spacial score (nSPS) is 31.1. The van der Waals surface area contributed by atoms with Crippen LogP contribution in [0.2, 0.25) is 0 Å². The number of ether oxygens (including phenoxy) is 1. The zero-order valence-electron chi connectivity index (χ0n) is 21.1. The SMILES string of the molecule is O=C1CCC(N2Cc3cc(O[C@H]4CCCC[C@@H]4N4CC(C5CCC(F)(F)CC5)C4)ccc3C2=O)C(=O)N1. The first-order chi connectivity index (χ1) is 17.8. The van der Waals surface area contributed by atoms with Gasteiger partial charge in [-0.15, -0.1) is 0 Å². The Hall–Kier alpha value is -2.55. The summed E-state index contributed by atoms with van der Waals surface area (Å²) in [6, 6.07) is 5.25. The van der Waals surface area contributed by atoms with E-state index in [0.29, 0.717) is 49.2 Å². The van der Waals surface area contributed by atoms with Crippen molar-refractivity contribution >= 4 is 17.7 Å². The Bertz CT molecular complexity index is 1080. The molecule has 37 heavy (non-hydrogen) atoms. The van der Waals surface area contributed by atoms with E-state index in [-0.39, 0.29) is 37.2 Å². The summed E-state index contributed by atoms with van der Waals surface area (Å²) in [5.41, 5.74) is 1.43. The lowest BCUT2D eigenvalue weighted by Crippen LogP contribution is -2.59. The maximum atomic E-state index is 13.6. The van der Waals surface area contributed by atoms with Crippen LogP contribution in [0.1, 0.15) is 80.1 Å².